The smallest absolute Gasteiger partial charge is 0.235 e. The quantitative estimate of drug-likeness (QED) is 0.199. The molecule has 10 rings (SSSR count). The van der Waals surface area contributed by atoms with E-state index in [1.807, 2.05) is 24.3 Å². The van der Waals surface area contributed by atoms with Crippen LogP contribution in [0.25, 0.3) is 84.0 Å². The molecule has 2 aromatic heterocycles. The summed E-state index contributed by atoms with van der Waals surface area (Å²) in [5.41, 5.74) is 9.34. The highest BCUT2D eigenvalue weighted by Gasteiger charge is 2.22. The fraction of sp³-hybridized carbons (Fsp3) is 0. The molecule has 0 saturated carbocycles. The fourth-order valence-corrected chi connectivity index (χ4v) is 7.17. The van der Waals surface area contributed by atoms with Crippen LogP contribution >= 0.6 is 0 Å². The van der Waals surface area contributed by atoms with Crippen molar-refractivity contribution >= 4 is 55.6 Å². The van der Waals surface area contributed by atoms with E-state index in [0.29, 0.717) is 5.95 Å². The van der Waals surface area contributed by atoms with Gasteiger partial charge >= 0.3 is 0 Å². The standard InChI is InChI=1S/C44H27N3O/c1-3-13-33-28(10-1)12-9-16-34(33)29-20-23-31(24-21-29)42-35-14-4-6-17-37(35)45-44(46-42)47-38-18-7-5-15-36(38)41-39(47)27-26-32-25-22-30-11-2-8-19-40(30)48-43(32)41/h1-27H. The Labute approximate surface area is 276 Å². The van der Waals surface area contributed by atoms with E-state index in [4.69, 9.17) is 14.7 Å². The predicted octanol–water partition coefficient (Wildman–Crippen LogP) is 11.5. The van der Waals surface area contributed by atoms with Crippen LogP contribution in [0.15, 0.2) is 152 Å². The average molecular weight is 614 g/mol. The van der Waals surface area contributed by atoms with Crippen molar-refractivity contribution in [2.75, 3.05) is 0 Å². The molecule has 0 aliphatic carbocycles. The molecule has 9 aromatic rings. The van der Waals surface area contributed by atoms with Crippen LogP contribution < -0.4 is 4.74 Å². The SMILES string of the molecule is C1=Cc2ccc3c(c2Oc2ccccc21)c1ccccc1n3-c1nc(-c2ccc(-c3cccc4ccccc34)cc2)c2ccccc2n1. The normalized spacial score (nSPS) is 12.2. The maximum Gasteiger partial charge on any atom is 0.235 e. The van der Waals surface area contributed by atoms with Crippen molar-refractivity contribution in [1.82, 2.24) is 14.5 Å². The van der Waals surface area contributed by atoms with Gasteiger partial charge in [-0.25, -0.2) is 9.97 Å². The van der Waals surface area contributed by atoms with Crippen molar-refractivity contribution < 1.29 is 4.74 Å². The minimum Gasteiger partial charge on any atom is -0.455 e. The molecule has 0 spiro atoms. The number of ether oxygens (including phenoxy) is 1. The third-order valence-electron chi connectivity index (χ3n) is 9.45. The Balaban J connectivity index is 1.18. The molecule has 0 N–H and O–H groups in total. The Kier molecular flexibility index (Phi) is 5.84. The van der Waals surface area contributed by atoms with Gasteiger partial charge in [0, 0.05) is 27.5 Å². The number of aromatic nitrogens is 3. The van der Waals surface area contributed by atoms with E-state index in [0.717, 1.165) is 66.6 Å². The maximum absolute atomic E-state index is 6.69. The number of rotatable bonds is 3. The van der Waals surface area contributed by atoms with Gasteiger partial charge in [0.25, 0.3) is 0 Å². The van der Waals surface area contributed by atoms with E-state index in [9.17, 15) is 0 Å². The monoisotopic (exact) mass is 613 g/mol. The van der Waals surface area contributed by atoms with Gasteiger partial charge in [0.15, 0.2) is 0 Å². The highest BCUT2D eigenvalue weighted by Crippen LogP contribution is 2.44. The molecule has 3 heterocycles. The molecule has 0 bridgehead atoms. The summed E-state index contributed by atoms with van der Waals surface area (Å²) in [7, 11) is 0. The van der Waals surface area contributed by atoms with Crippen LogP contribution in [0.4, 0.5) is 0 Å². The average Bonchev–Trinajstić information content (AvgIpc) is 3.36. The molecule has 224 valence electrons. The Hall–Kier alpha value is -6.52. The highest BCUT2D eigenvalue weighted by atomic mass is 16.5. The van der Waals surface area contributed by atoms with Crippen LogP contribution in [0.1, 0.15) is 11.1 Å². The second-order valence-electron chi connectivity index (χ2n) is 12.2. The van der Waals surface area contributed by atoms with Gasteiger partial charge in [-0.05, 0) is 52.2 Å². The predicted molar refractivity (Wildman–Crippen MR) is 198 cm³/mol. The molecule has 0 fully saturated rings. The van der Waals surface area contributed by atoms with Crippen LogP contribution in [0.2, 0.25) is 0 Å². The van der Waals surface area contributed by atoms with E-state index >= 15 is 0 Å². The molecule has 48 heavy (non-hydrogen) atoms. The first-order chi connectivity index (χ1) is 23.8. The molecule has 4 heteroatoms. The van der Waals surface area contributed by atoms with Gasteiger partial charge in [-0.3, -0.25) is 4.57 Å². The van der Waals surface area contributed by atoms with Crippen molar-refractivity contribution in [2.45, 2.75) is 0 Å². The minimum absolute atomic E-state index is 0.623. The van der Waals surface area contributed by atoms with E-state index in [-0.39, 0.29) is 0 Å². The summed E-state index contributed by atoms with van der Waals surface area (Å²) in [4.78, 5) is 10.5. The van der Waals surface area contributed by atoms with Gasteiger partial charge in [-0.1, -0.05) is 133 Å². The van der Waals surface area contributed by atoms with E-state index in [1.54, 1.807) is 0 Å². The Bertz CT molecular complexity index is 2750. The second-order valence-corrected chi connectivity index (χ2v) is 12.2. The van der Waals surface area contributed by atoms with Crippen LogP contribution in [0.3, 0.4) is 0 Å². The number of hydrogen-bond donors (Lipinski definition) is 0. The summed E-state index contributed by atoms with van der Waals surface area (Å²) in [6.45, 7) is 0. The Morgan fingerprint density at radius 1 is 0.479 bits per heavy atom. The summed E-state index contributed by atoms with van der Waals surface area (Å²) in [6.07, 6.45) is 4.26. The van der Waals surface area contributed by atoms with Crippen molar-refractivity contribution in [3.8, 4) is 39.8 Å². The summed E-state index contributed by atoms with van der Waals surface area (Å²) >= 11 is 0. The number of hydrogen-bond acceptors (Lipinski definition) is 3. The zero-order valence-corrected chi connectivity index (χ0v) is 25.8. The lowest BCUT2D eigenvalue weighted by Crippen LogP contribution is -2.03. The lowest BCUT2D eigenvalue weighted by molar-refractivity contribution is 0.487. The number of benzene rings is 7. The van der Waals surface area contributed by atoms with E-state index in [1.165, 1.54) is 21.9 Å². The lowest BCUT2D eigenvalue weighted by Gasteiger charge is -2.13. The molecule has 4 nitrogen and oxygen atoms in total. The molecule has 7 aromatic carbocycles. The largest absolute Gasteiger partial charge is 0.455 e. The highest BCUT2D eigenvalue weighted by molar-refractivity contribution is 6.14. The minimum atomic E-state index is 0.623. The molecule has 0 amide bonds. The summed E-state index contributed by atoms with van der Waals surface area (Å²) in [5, 5.41) is 5.63. The molecule has 0 unspecified atom stereocenters. The Morgan fingerprint density at radius 3 is 2.10 bits per heavy atom. The molecule has 0 saturated heterocycles. The maximum atomic E-state index is 6.69. The number of nitrogens with zero attached hydrogens (tertiary/aromatic N) is 3. The van der Waals surface area contributed by atoms with Gasteiger partial charge < -0.3 is 4.74 Å². The van der Waals surface area contributed by atoms with Gasteiger partial charge in [-0.15, -0.1) is 0 Å². The van der Waals surface area contributed by atoms with Crippen molar-refractivity contribution in [1.29, 1.82) is 0 Å². The molecule has 0 atom stereocenters. The first-order valence-electron chi connectivity index (χ1n) is 16.2. The zero-order chi connectivity index (χ0) is 31.6. The number of fused-ring (bicyclic) bond motifs is 8. The molecular weight excluding hydrogens is 587 g/mol. The van der Waals surface area contributed by atoms with Crippen molar-refractivity contribution in [3.63, 3.8) is 0 Å². The van der Waals surface area contributed by atoms with Gasteiger partial charge in [-0.2, -0.15) is 0 Å². The Morgan fingerprint density at radius 2 is 1.19 bits per heavy atom. The zero-order valence-electron chi connectivity index (χ0n) is 25.8. The van der Waals surface area contributed by atoms with Crippen LogP contribution in [0, 0.1) is 0 Å². The third kappa shape index (κ3) is 4.10. The van der Waals surface area contributed by atoms with Gasteiger partial charge in [0.2, 0.25) is 5.95 Å². The molecule has 0 radical (unpaired) electrons. The van der Waals surface area contributed by atoms with Crippen LogP contribution in [-0.2, 0) is 0 Å². The van der Waals surface area contributed by atoms with Crippen LogP contribution in [-0.4, -0.2) is 14.5 Å². The second kappa shape index (κ2) is 10.5. The van der Waals surface area contributed by atoms with Crippen molar-refractivity contribution in [2.24, 2.45) is 0 Å². The molecular formula is C44H27N3O. The van der Waals surface area contributed by atoms with Crippen LogP contribution in [0.5, 0.6) is 11.5 Å². The number of para-hydroxylation sites is 3. The fourth-order valence-electron chi connectivity index (χ4n) is 7.17. The third-order valence-corrected chi connectivity index (χ3v) is 9.45. The van der Waals surface area contributed by atoms with E-state index < -0.39 is 0 Å². The summed E-state index contributed by atoms with van der Waals surface area (Å²) in [6, 6.07) is 52.9. The van der Waals surface area contributed by atoms with Gasteiger partial charge in [0.05, 0.1) is 27.6 Å². The molecule has 1 aliphatic heterocycles. The summed E-state index contributed by atoms with van der Waals surface area (Å²) < 4.78 is 8.87. The van der Waals surface area contributed by atoms with E-state index in [2.05, 4.69) is 144 Å². The topological polar surface area (TPSA) is 39.9 Å². The first-order valence-corrected chi connectivity index (χ1v) is 16.2. The van der Waals surface area contributed by atoms with Crippen molar-refractivity contribution in [3.05, 3.63) is 163 Å². The lowest BCUT2D eigenvalue weighted by atomic mass is 9.96. The molecule has 1 aliphatic rings. The van der Waals surface area contributed by atoms with Gasteiger partial charge in [0.1, 0.15) is 11.5 Å². The first kappa shape index (κ1) is 26.7. The summed E-state index contributed by atoms with van der Waals surface area (Å²) in [5.74, 6) is 2.30.